The average molecular weight is 1090 g/mol. The number of nitrogens with zero attached hydrogens (tertiary/aromatic N) is 8. The van der Waals surface area contributed by atoms with Crippen molar-refractivity contribution in [2.45, 2.75) is 118 Å². The quantitative estimate of drug-likeness (QED) is 0.0948. The number of fused-ring (bicyclic) bond motifs is 12. The highest BCUT2D eigenvalue weighted by Crippen LogP contribution is 2.32. The third kappa shape index (κ3) is 10.0. The number of hydrogen-bond donors (Lipinski definition) is 6. The fourth-order valence-electron chi connectivity index (χ4n) is 10.1. The van der Waals surface area contributed by atoms with Crippen LogP contribution in [-0.4, -0.2) is 133 Å². The lowest BCUT2D eigenvalue weighted by molar-refractivity contribution is 0.0510. The molecule has 0 saturated carbocycles. The lowest BCUT2D eigenvalue weighted by atomic mass is 10.1. The van der Waals surface area contributed by atoms with Crippen LogP contribution in [-0.2, 0) is 9.47 Å². The van der Waals surface area contributed by atoms with Gasteiger partial charge in [-0.3, -0.25) is 19.2 Å². The Morgan fingerprint density at radius 1 is 0.412 bits per heavy atom. The van der Waals surface area contributed by atoms with Crippen molar-refractivity contribution in [2.24, 2.45) is 0 Å². The Labute approximate surface area is 456 Å². The van der Waals surface area contributed by atoms with Crippen molar-refractivity contribution in [3.05, 3.63) is 118 Å². The van der Waals surface area contributed by atoms with E-state index in [1.54, 1.807) is 74.5 Å². The topological polar surface area (TPSA) is 315 Å². The van der Waals surface area contributed by atoms with Gasteiger partial charge < -0.3 is 59.2 Å². The van der Waals surface area contributed by atoms with Gasteiger partial charge in [0.1, 0.15) is 45.4 Å². The molecule has 0 spiro atoms. The Kier molecular flexibility index (Phi) is 15.0. The Hall–Kier alpha value is -9.48. The summed E-state index contributed by atoms with van der Waals surface area (Å²) >= 11 is 0. The first-order chi connectivity index (χ1) is 38.0. The molecule has 8 aromatic heterocycles. The number of hydrogen-bond acceptors (Lipinski definition) is 14. The van der Waals surface area contributed by atoms with Crippen molar-refractivity contribution in [1.82, 2.24) is 59.5 Å². The summed E-state index contributed by atoms with van der Waals surface area (Å²) < 4.78 is 17.4. The summed E-state index contributed by atoms with van der Waals surface area (Å²) in [6.45, 7) is 19.8. The van der Waals surface area contributed by atoms with E-state index in [1.807, 2.05) is 73.7 Å². The van der Waals surface area contributed by atoms with E-state index in [-0.39, 0.29) is 94.7 Å². The monoisotopic (exact) mass is 1090 g/mol. The van der Waals surface area contributed by atoms with Crippen molar-refractivity contribution in [1.29, 1.82) is 0 Å². The number of pyridine rings is 4. The molecular formula is C56H60N12O12. The van der Waals surface area contributed by atoms with E-state index in [0.717, 1.165) is 21.5 Å². The van der Waals surface area contributed by atoms with E-state index in [0.29, 0.717) is 58.6 Å². The summed E-state index contributed by atoms with van der Waals surface area (Å²) in [6, 6.07) is 20.4. The maximum Gasteiger partial charge on any atom is 0.356 e. The van der Waals surface area contributed by atoms with Gasteiger partial charge in [-0.2, -0.15) is 0 Å². The van der Waals surface area contributed by atoms with Gasteiger partial charge in [0.15, 0.2) is 22.8 Å². The zero-order chi connectivity index (χ0) is 57.8. The van der Waals surface area contributed by atoms with Crippen molar-refractivity contribution in [3.63, 3.8) is 0 Å². The number of nitrogens with one attached hydrogen (secondary N) is 4. The van der Waals surface area contributed by atoms with Gasteiger partial charge in [0.25, 0.3) is 23.6 Å². The first-order valence-corrected chi connectivity index (χ1v) is 26.1. The zero-order valence-corrected chi connectivity index (χ0v) is 45.5. The predicted molar refractivity (Wildman–Crippen MR) is 291 cm³/mol. The van der Waals surface area contributed by atoms with Gasteiger partial charge in [-0.05, 0) is 142 Å². The summed E-state index contributed by atoms with van der Waals surface area (Å²) in [4.78, 5) is 111. The maximum absolute atomic E-state index is 12.1. The van der Waals surface area contributed by atoms with Gasteiger partial charge in [0.2, 0.25) is 0 Å². The van der Waals surface area contributed by atoms with Crippen LogP contribution in [0.15, 0.2) is 72.8 Å². The SMILES string of the molecule is CCOC(=O)c1ccc2cc3n(c2n1)[C@H](C)[C@@H](C)NC3=O.CCOC(=O)c1ccc2cc3n(c2n1)[C@H](C)[C@H](C)NC3=O.C[C@@H]1NC(=O)c2cc3ccc(C(=O)O)nc3n2[C@@H]1C.C[C@@H]1[C@@H](C)NC(=O)c2cc3ccc(C(=O)O)nc3n21. The molecule has 4 aliphatic heterocycles. The minimum atomic E-state index is -1.07. The van der Waals surface area contributed by atoms with Crippen LogP contribution >= 0.6 is 0 Å². The normalized spacial score (nSPS) is 21.5. The highest BCUT2D eigenvalue weighted by molar-refractivity contribution is 6.03. The van der Waals surface area contributed by atoms with Gasteiger partial charge in [-0.25, -0.2) is 39.1 Å². The van der Waals surface area contributed by atoms with Crippen molar-refractivity contribution in [3.8, 4) is 0 Å². The van der Waals surface area contributed by atoms with Crippen LogP contribution in [0.2, 0.25) is 0 Å². The number of aromatic nitrogens is 8. The lowest BCUT2D eigenvalue weighted by Crippen LogP contribution is -2.44. The number of amides is 4. The minimum absolute atomic E-state index is 0.00801. The molecule has 80 heavy (non-hydrogen) atoms. The molecule has 0 bridgehead atoms. The summed E-state index contributed by atoms with van der Waals surface area (Å²) in [7, 11) is 0. The first kappa shape index (κ1) is 55.3. The fraction of sp³-hybridized carbons (Fsp3) is 0.357. The largest absolute Gasteiger partial charge is 0.477 e. The molecule has 416 valence electrons. The molecule has 0 unspecified atom stereocenters. The van der Waals surface area contributed by atoms with Crippen LogP contribution in [0.25, 0.3) is 44.1 Å². The number of ether oxygens (including phenoxy) is 2. The number of carboxylic acids is 2. The number of esters is 2. The Morgan fingerprint density at radius 3 is 0.863 bits per heavy atom. The molecule has 12 heterocycles. The Bertz CT molecular complexity index is 3620. The van der Waals surface area contributed by atoms with Gasteiger partial charge in [0.05, 0.1) is 37.4 Å². The Morgan fingerprint density at radius 2 is 0.637 bits per heavy atom. The molecule has 8 aromatic rings. The number of carbonyl (C=O) groups is 8. The average Bonchev–Trinajstić information content (AvgIpc) is 4.41. The molecule has 24 heteroatoms. The second-order valence-corrected chi connectivity index (χ2v) is 20.1. The number of carbonyl (C=O) groups excluding carboxylic acids is 6. The summed E-state index contributed by atoms with van der Waals surface area (Å²) in [5, 5.41) is 32.8. The number of rotatable bonds is 6. The minimum Gasteiger partial charge on any atom is -0.477 e. The molecule has 0 aliphatic carbocycles. The summed E-state index contributed by atoms with van der Waals surface area (Å²) in [5.41, 5.74) is 5.06. The van der Waals surface area contributed by atoms with Gasteiger partial charge >= 0.3 is 23.9 Å². The summed E-state index contributed by atoms with van der Waals surface area (Å²) in [6.07, 6.45) is 0. The van der Waals surface area contributed by atoms with E-state index in [2.05, 4.69) is 41.2 Å². The summed E-state index contributed by atoms with van der Waals surface area (Å²) in [5.74, 6) is -3.57. The van der Waals surface area contributed by atoms with Gasteiger partial charge in [-0.15, -0.1) is 0 Å². The van der Waals surface area contributed by atoms with E-state index < -0.39 is 23.9 Å². The van der Waals surface area contributed by atoms with E-state index in [1.165, 1.54) is 12.1 Å². The smallest absolute Gasteiger partial charge is 0.356 e. The molecular weight excluding hydrogens is 1030 g/mol. The second kappa shape index (κ2) is 21.7. The van der Waals surface area contributed by atoms with Crippen molar-refractivity contribution >= 4 is 91.6 Å². The highest BCUT2D eigenvalue weighted by atomic mass is 16.5. The van der Waals surface area contributed by atoms with E-state index in [4.69, 9.17) is 19.7 Å². The Balaban J connectivity index is 0.000000129. The standard InChI is InChI=1S/2C15H17N3O3.2C13H13N3O3/c2*1-4-21-15(20)11-6-5-10-7-12-14(19)16-8(2)9(3)18(12)13(10)17-11;2*1-6-7(2)16-10(12(17)14-6)5-8-3-4-9(13(18)19)15-11(8)16/h2*5-9H,4H2,1-3H3,(H,16,19);2*3-7H,1-2H3,(H,14,17)(H,18,19)/t8-,9+;8-,9-;6-,7+;6-,7-/m0101/s1. The third-order valence-corrected chi connectivity index (χ3v) is 15.0. The number of aromatic carboxylic acids is 2. The van der Waals surface area contributed by atoms with E-state index >= 15 is 0 Å². The molecule has 4 aliphatic rings. The molecule has 8 atom stereocenters. The van der Waals surface area contributed by atoms with Gasteiger partial charge in [0, 0.05) is 45.7 Å². The lowest BCUT2D eigenvalue weighted by Gasteiger charge is -2.29. The maximum atomic E-state index is 12.1. The first-order valence-electron chi connectivity index (χ1n) is 26.1. The highest BCUT2D eigenvalue weighted by Gasteiger charge is 2.34. The van der Waals surface area contributed by atoms with Crippen LogP contribution < -0.4 is 21.3 Å². The molecule has 0 aromatic carbocycles. The molecule has 4 amide bonds. The molecule has 0 radical (unpaired) electrons. The van der Waals surface area contributed by atoms with Crippen LogP contribution in [0, 0.1) is 0 Å². The van der Waals surface area contributed by atoms with Crippen LogP contribution in [0.1, 0.15) is 177 Å². The molecule has 24 nitrogen and oxygen atoms in total. The fourth-order valence-corrected chi connectivity index (χ4v) is 10.1. The molecule has 0 saturated heterocycles. The van der Waals surface area contributed by atoms with Crippen LogP contribution in [0.4, 0.5) is 0 Å². The van der Waals surface area contributed by atoms with Crippen molar-refractivity contribution < 1.29 is 58.0 Å². The zero-order valence-electron chi connectivity index (χ0n) is 45.5. The predicted octanol–water partition coefficient (Wildman–Crippen LogP) is 6.67. The van der Waals surface area contributed by atoms with Crippen molar-refractivity contribution in [2.75, 3.05) is 13.2 Å². The van der Waals surface area contributed by atoms with E-state index in [9.17, 15) is 38.4 Å². The molecule has 6 N–H and O–H groups in total. The molecule has 12 rings (SSSR count). The van der Waals surface area contributed by atoms with Crippen LogP contribution in [0.5, 0.6) is 0 Å². The van der Waals surface area contributed by atoms with Crippen LogP contribution in [0.3, 0.4) is 0 Å². The third-order valence-electron chi connectivity index (χ3n) is 15.0. The number of carboxylic acid groups (broad SMARTS) is 2. The second-order valence-electron chi connectivity index (χ2n) is 20.1. The molecule has 0 fully saturated rings. The van der Waals surface area contributed by atoms with Gasteiger partial charge in [-0.1, -0.05) is 0 Å².